The summed E-state index contributed by atoms with van der Waals surface area (Å²) in [5.74, 6) is 0.456. The quantitative estimate of drug-likeness (QED) is 0.462. The molecule has 2 aromatic rings. The van der Waals surface area contributed by atoms with Crippen LogP contribution < -0.4 is 15.4 Å². The van der Waals surface area contributed by atoms with Crippen molar-refractivity contribution in [3.63, 3.8) is 0 Å². The molecule has 2 heterocycles. The smallest absolute Gasteiger partial charge is 0.251 e. The SMILES string of the molecule is CCC1(CC)CC(=O)N(C(CCO)c2cccc(C(=O)N[C@H]3CCOc4ccccc43)c2)C(=N)N1. The Morgan fingerprint density at radius 1 is 1.26 bits per heavy atom. The molecular weight excluding hydrogens is 444 g/mol. The van der Waals surface area contributed by atoms with E-state index in [2.05, 4.69) is 10.6 Å². The van der Waals surface area contributed by atoms with Gasteiger partial charge in [-0.1, -0.05) is 44.2 Å². The van der Waals surface area contributed by atoms with Gasteiger partial charge in [0.1, 0.15) is 5.75 Å². The average molecular weight is 479 g/mol. The Hall–Kier alpha value is -3.39. The summed E-state index contributed by atoms with van der Waals surface area (Å²) in [6, 6.07) is 14.1. The third-order valence-corrected chi connectivity index (χ3v) is 7.25. The molecule has 0 saturated carbocycles. The fourth-order valence-corrected chi connectivity index (χ4v) is 5.05. The Kier molecular flexibility index (Phi) is 7.40. The Morgan fingerprint density at radius 3 is 2.74 bits per heavy atom. The van der Waals surface area contributed by atoms with Crippen LogP contribution in [0.25, 0.3) is 0 Å². The molecule has 35 heavy (non-hydrogen) atoms. The molecule has 186 valence electrons. The largest absolute Gasteiger partial charge is 0.493 e. The highest BCUT2D eigenvalue weighted by Gasteiger charge is 2.42. The molecule has 2 atom stereocenters. The molecule has 2 amide bonds. The van der Waals surface area contributed by atoms with Gasteiger partial charge in [0, 0.05) is 29.7 Å². The standard InChI is InChI=1S/C27H34N4O4/c1-3-27(4-2)17-24(33)31(26(28)30-27)22(12-14-32)18-8-7-9-19(16-18)25(34)29-21-13-15-35-23-11-6-5-10-20(21)23/h5-11,16,21-22,32H,3-4,12-15,17H2,1-2H3,(H2,28,30)(H,29,34)/t21-,22?/m0/s1. The minimum Gasteiger partial charge on any atom is -0.493 e. The zero-order valence-electron chi connectivity index (χ0n) is 20.3. The number of carbonyl (C=O) groups is 2. The first-order chi connectivity index (χ1) is 16.9. The van der Waals surface area contributed by atoms with Gasteiger partial charge in [0.05, 0.1) is 25.1 Å². The van der Waals surface area contributed by atoms with Crippen molar-refractivity contribution in [3.05, 3.63) is 65.2 Å². The number of para-hydroxylation sites is 1. The lowest BCUT2D eigenvalue weighted by Crippen LogP contribution is -2.62. The molecule has 1 saturated heterocycles. The lowest BCUT2D eigenvalue weighted by atomic mass is 9.86. The number of rotatable bonds is 8. The van der Waals surface area contributed by atoms with Crippen LogP contribution in [0.2, 0.25) is 0 Å². The molecule has 0 aromatic heterocycles. The van der Waals surface area contributed by atoms with Crippen LogP contribution in [-0.4, -0.2) is 46.5 Å². The average Bonchev–Trinajstić information content (AvgIpc) is 2.88. The van der Waals surface area contributed by atoms with Gasteiger partial charge in [-0.3, -0.25) is 19.9 Å². The minimum absolute atomic E-state index is 0.0390. The molecule has 0 aliphatic carbocycles. The summed E-state index contributed by atoms with van der Waals surface area (Å²) in [4.78, 5) is 27.8. The van der Waals surface area contributed by atoms with Gasteiger partial charge in [0.15, 0.2) is 5.96 Å². The van der Waals surface area contributed by atoms with E-state index in [9.17, 15) is 14.7 Å². The van der Waals surface area contributed by atoms with Crippen LogP contribution in [0.1, 0.15) is 79.5 Å². The number of aliphatic hydroxyl groups is 1. The van der Waals surface area contributed by atoms with E-state index < -0.39 is 11.6 Å². The summed E-state index contributed by atoms with van der Waals surface area (Å²) >= 11 is 0. The molecule has 1 unspecified atom stereocenters. The molecule has 2 aliphatic heterocycles. The molecule has 4 N–H and O–H groups in total. The van der Waals surface area contributed by atoms with Crippen molar-refractivity contribution in [1.82, 2.24) is 15.5 Å². The predicted octanol–water partition coefficient (Wildman–Crippen LogP) is 3.68. The second kappa shape index (κ2) is 10.5. The Bertz CT molecular complexity index is 1080. The maximum absolute atomic E-state index is 13.2. The zero-order chi connectivity index (χ0) is 25.0. The molecule has 4 rings (SSSR count). The van der Waals surface area contributed by atoms with Gasteiger partial charge in [-0.05, 0) is 43.0 Å². The van der Waals surface area contributed by atoms with Crippen LogP contribution in [0.5, 0.6) is 5.75 Å². The molecular formula is C27H34N4O4. The van der Waals surface area contributed by atoms with Crippen molar-refractivity contribution < 1.29 is 19.4 Å². The van der Waals surface area contributed by atoms with Crippen molar-refractivity contribution in [1.29, 1.82) is 5.41 Å². The number of nitrogens with one attached hydrogen (secondary N) is 3. The number of guanidine groups is 1. The summed E-state index contributed by atoms with van der Waals surface area (Å²) < 4.78 is 5.70. The summed E-state index contributed by atoms with van der Waals surface area (Å²) in [7, 11) is 0. The number of benzene rings is 2. The van der Waals surface area contributed by atoms with Crippen molar-refractivity contribution in [2.75, 3.05) is 13.2 Å². The zero-order valence-corrected chi connectivity index (χ0v) is 20.3. The number of hydrogen-bond acceptors (Lipinski definition) is 5. The summed E-state index contributed by atoms with van der Waals surface area (Å²) in [5, 5.41) is 24.7. The highest BCUT2D eigenvalue weighted by molar-refractivity contribution is 6.00. The Morgan fingerprint density at radius 2 is 2.03 bits per heavy atom. The number of aliphatic hydroxyl groups excluding tert-OH is 1. The van der Waals surface area contributed by atoms with E-state index in [0.717, 1.165) is 24.2 Å². The summed E-state index contributed by atoms with van der Waals surface area (Å²) in [6.45, 7) is 4.40. The topological polar surface area (TPSA) is 115 Å². The lowest BCUT2D eigenvalue weighted by molar-refractivity contribution is -0.133. The van der Waals surface area contributed by atoms with Gasteiger partial charge < -0.3 is 20.5 Å². The maximum atomic E-state index is 13.2. The second-order valence-corrected chi connectivity index (χ2v) is 9.26. The summed E-state index contributed by atoms with van der Waals surface area (Å²) in [5.41, 5.74) is 1.71. The molecule has 1 fully saturated rings. The molecule has 0 bridgehead atoms. The number of ether oxygens (including phenoxy) is 1. The number of nitrogens with zero attached hydrogens (tertiary/aromatic N) is 1. The Labute approximate surface area is 206 Å². The molecule has 2 aromatic carbocycles. The van der Waals surface area contributed by atoms with Crippen LogP contribution in [0.3, 0.4) is 0 Å². The number of fused-ring (bicyclic) bond motifs is 1. The first-order valence-corrected chi connectivity index (χ1v) is 12.3. The van der Waals surface area contributed by atoms with Gasteiger partial charge in [-0.25, -0.2) is 0 Å². The van der Waals surface area contributed by atoms with E-state index in [0.29, 0.717) is 24.2 Å². The Balaban J connectivity index is 1.56. The highest BCUT2D eigenvalue weighted by atomic mass is 16.5. The molecule has 2 aliphatic rings. The van der Waals surface area contributed by atoms with Crippen molar-refractivity contribution in [3.8, 4) is 5.75 Å². The van der Waals surface area contributed by atoms with Crippen LogP contribution >= 0.6 is 0 Å². The van der Waals surface area contributed by atoms with Crippen molar-refractivity contribution in [2.24, 2.45) is 0 Å². The van der Waals surface area contributed by atoms with E-state index in [1.54, 1.807) is 18.2 Å². The number of amides is 2. The van der Waals surface area contributed by atoms with Crippen LogP contribution in [-0.2, 0) is 4.79 Å². The van der Waals surface area contributed by atoms with E-state index in [-0.39, 0.29) is 43.3 Å². The number of hydrogen-bond donors (Lipinski definition) is 4. The normalized spacial score (nSPS) is 19.9. The minimum atomic E-state index is -0.546. The van der Waals surface area contributed by atoms with Gasteiger partial charge in [-0.2, -0.15) is 0 Å². The van der Waals surface area contributed by atoms with Crippen LogP contribution in [0.15, 0.2) is 48.5 Å². The molecule has 8 heteroatoms. The molecule has 0 radical (unpaired) electrons. The van der Waals surface area contributed by atoms with Gasteiger partial charge in [0.25, 0.3) is 5.91 Å². The van der Waals surface area contributed by atoms with Crippen LogP contribution in [0.4, 0.5) is 0 Å². The molecule has 8 nitrogen and oxygen atoms in total. The first-order valence-electron chi connectivity index (χ1n) is 12.3. The van der Waals surface area contributed by atoms with E-state index in [1.165, 1.54) is 4.90 Å². The van der Waals surface area contributed by atoms with E-state index >= 15 is 0 Å². The fraction of sp³-hybridized carbons (Fsp3) is 0.444. The second-order valence-electron chi connectivity index (χ2n) is 9.26. The van der Waals surface area contributed by atoms with Crippen molar-refractivity contribution in [2.45, 2.75) is 63.6 Å². The third-order valence-electron chi connectivity index (χ3n) is 7.25. The number of carbonyl (C=O) groups excluding carboxylic acids is 2. The summed E-state index contributed by atoms with van der Waals surface area (Å²) in [6.07, 6.45) is 2.70. The van der Waals surface area contributed by atoms with Crippen molar-refractivity contribution >= 4 is 17.8 Å². The molecule has 0 spiro atoms. The third kappa shape index (κ3) is 5.03. The fourth-order valence-electron chi connectivity index (χ4n) is 5.05. The predicted molar refractivity (Wildman–Crippen MR) is 133 cm³/mol. The lowest BCUT2D eigenvalue weighted by Gasteiger charge is -2.44. The van der Waals surface area contributed by atoms with Gasteiger partial charge in [-0.15, -0.1) is 0 Å². The van der Waals surface area contributed by atoms with Gasteiger partial charge >= 0.3 is 0 Å². The van der Waals surface area contributed by atoms with Gasteiger partial charge in [0.2, 0.25) is 5.91 Å². The van der Waals surface area contributed by atoms with E-state index in [4.69, 9.17) is 10.1 Å². The van der Waals surface area contributed by atoms with E-state index in [1.807, 2.05) is 44.2 Å². The highest BCUT2D eigenvalue weighted by Crippen LogP contribution is 2.34. The maximum Gasteiger partial charge on any atom is 0.251 e. The first kappa shape index (κ1) is 24.7. The van der Waals surface area contributed by atoms with Crippen LogP contribution in [0, 0.1) is 5.41 Å². The monoisotopic (exact) mass is 478 g/mol.